The molecule has 1 unspecified atom stereocenters. The summed E-state index contributed by atoms with van der Waals surface area (Å²) in [5.74, 6) is 0.678. The van der Waals surface area contributed by atoms with E-state index in [1.807, 2.05) is 0 Å². The summed E-state index contributed by atoms with van der Waals surface area (Å²) in [7, 11) is 0. The maximum atomic E-state index is 3.52. The van der Waals surface area contributed by atoms with Crippen LogP contribution in [0.1, 0.15) is 58.1 Å². The molecular formula is C16H27N. The second-order valence-corrected chi connectivity index (χ2v) is 5.98. The Labute approximate surface area is 107 Å². The van der Waals surface area contributed by atoms with E-state index in [2.05, 4.69) is 64.2 Å². The van der Waals surface area contributed by atoms with E-state index in [1.54, 1.807) is 0 Å². The first kappa shape index (κ1) is 14.2. The molecule has 96 valence electrons. The fourth-order valence-electron chi connectivity index (χ4n) is 1.83. The van der Waals surface area contributed by atoms with Gasteiger partial charge >= 0.3 is 0 Å². The van der Waals surface area contributed by atoms with Gasteiger partial charge in [0.15, 0.2) is 0 Å². The lowest BCUT2D eigenvalue weighted by molar-refractivity contribution is 0.429. The predicted molar refractivity (Wildman–Crippen MR) is 76.6 cm³/mol. The van der Waals surface area contributed by atoms with E-state index < -0.39 is 0 Å². The fourth-order valence-corrected chi connectivity index (χ4v) is 1.83. The highest BCUT2D eigenvalue weighted by Gasteiger charge is 2.07. The summed E-state index contributed by atoms with van der Waals surface area (Å²) < 4.78 is 0. The van der Waals surface area contributed by atoms with E-state index in [0.29, 0.717) is 5.92 Å². The molecule has 1 atom stereocenters. The summed E-state index contributed by atoms with van der Waals surface area (Å²) in [6.07, 6.45) is 2.32. The van der Waals surface area contributed by atoms with Gasteiger partial charge in [0.05, 0.1) is 0 Å². The van der Waals surface area contributed by atoms with Gasteiger partial charge in [0.1, 0.15) is 0 Å². The zero-order valence-corrected chi connectivity index (χ0v) is 12.0. The summed E-state index contributed by atoms with van der Waals surface area (Å²) in [5.41, 5.74) is 3.10. The predicted octanol–water partition coefficient (Wildman–Crippen LogP) is 4.13. The minimum atomic E-state index is 0.219. The van der Waals surface area contributed by atoms with Crippen molar-refractivity contribution in [1.29, 1.82) is 0 Å². The third kappa shape index (κ3) is 5.36. The number of rotatable bonds is 5. The summed E-state index contributed by atoms with van der Waals surface area (Å²) >= 11 is 0. The van der Waals surface area contributed by atoms with E-state index in [4.69, 9.17) is 0 Å². The first-order valence-corrected chi connectivity index (χ1v) is 6.76. The molecule has 0 fully saturated rings. The Bertz CT molecular complexity index is 318. The smallest absolute Gasteiger partial charge is 0.00966 e. The molecule has 0 aromatic heterocycles. The molecule has 0 amide bonds. The van der Waals surface area contributed by atoms with Crippen molar-refractivity contribution in [2.24, 2.45) is 0 Å². The van der Waals surface area contributed by atoms with Crippen molar-refractivity contribution in [3.63, 3.8) is 0 Å². The second-order valence-electron chi connectivity index (χ2n) is 5.98. The minimum absolute atomic E-state index is 0.219. The van der Waals surface area contributed by atoms with Gasteiger partial charge in [-0.1, -0.05) is 38.1 Å². The van der Waals surface area contributed by atoms with Crippen LogP contribution in [-0.2, 0) is 6.42 Å². The van der Waals surface area contributed by atoms with E-state index in [-0.39, 0.29) is 5.54 Å². The number of nitrogens with one attached hydrogen (secondary N) is 1. The van der Waals surface area contributed by atoms with Gasteiger partial charge in [-0.05, 0) is 57.2 Å². The van der Waals surface area contributed by atoms with Crippen molar-refractivity contribution in [2.45, 2.75) is 58.9 Å². The monoisotopic (exact) mass is 233 g/mol. The molecule has 0 bridgehead atoms. The summed E-state index contributed by atoms with van der Waals surface area (Å²) in [5, 5.41) is 3.52. The van der Waals surface area contributed by atoms with Gasteiger partial charge in [-0.2, -0.15) is 0 Å². The highest BCUT2D eigenvalue weighted by atomic mass is 14.9. The molecule has 1 heteroatoms. The SMILES string of the molecule is CCC(C)c1ccc(CCNC(C)(C)C)cc1. The molecule has 1 nitrogen and oxygen atoms in total. The third-order valence-electron chi connectivity index (χ3n) is 3.23. The van der Waals surface area contributed by atoms with Gasteiger partial charge in [-0.15, -0.1) is 0 Å². The lowest BCUT2D eigenvalue weighted by atomic mass is 9.97. The molecule has 0 spiro atoms. The Kier molecular flexibility index (Phi) is 5.20. The second kappa shape index (κ2) is 6.20. The van der Waals surface area contributed by atoms with Crippen LogP contribution in [0.3, 0.4) is 0 Å². The van der Waals surface area contributed by atoms with Crippen molar-refractivity contribution in [1.82, 2.24) is 5.32 Å². The molecule has 17 heavy (non-hydrogen) atoms. The molecule has 1 N–H and O–H groups in total. The highest BCUT2D eigenvalue weighted by molar-refractivity contribution is 5.25. The topological polar surface area (TPSA) is 12.0 Å². The quantitative estimate of drug-likeness (QED) is 0.806. The lowest BCUT2D eigenvalue weighted by Crippen LogP contribution is -2.37. The van der Waals surface area contributed by atoms with Gasteiger partial charge in [0, 0.05) is 5.54 Å². The van der Waals surface area contributed by atoms with E-state index in [0.717, 1.165) is 13.0 Å². The molecule has 1 aromatic carbocycles. The number of hydrogen-bond acceptors (Lipinski definition) is 1. The zero-order valence-electron chi connectivity index (χ0n) is 12.0. The van der Waals surface area contributed by atoms with Crippen molar-refractivity contribution in [3.05, 3.63) is 35.4 Å². The highest BCUT2D eigenvalue weighted by Crippen LogP contribution is 2.18. The van der Waals surface area contributed by atoms with Crippen LogP contribution in [0.15, 0.2) is 24.3 Å². The molecule has 0 saturated heterocycles. The van der Waals surface area contributed by atoms with Crippen LogP contribution in [0.5, 0.6) is 0 Å². The van der Waals surface area contributed by atoms with E-state index >= 15 is 0 Å². The molecule has 0 radical (unpaired) electrons. The van der Waals surface area contributed by atoms with Crippen LogP contribution in [0.25, 0.3) is 0 Å². The Balaban J connectivity index is 2.46. The molecule has 0 aliphatic carbocycles. The molecule has 0 aliphatic rings. The van der Waals surface area contributed by atoms with Crippen LogP contribution < -0.4 is 5.32 Å². The Morgan fingerprint density at radius 1 is 1.12 bits per heavy atom. The minimum Gasteiger partial charge on any atom is -0.312 e. The molecule has 1 aromatic rings. The average Bonchev–Trinajstić information content (AvgIpc) is 2.27. The van der Waals surface area contributed by atoms with Crippen LogP contribution in [0.4, 0.5) is 0 Å². The van der Waals surface area contributed by atoms with Crippen LogP contribution in [0.2, 0.25) is 0 Å². The van der Waals surface area contributed by atoms with Crippen LogP contribution in [0, 0.1) is 0 Å². The first-order valence-electron chi connectivity index (χ1n) is 6.76. The largest absolute Gasteiger partial charge is 0.312 e. The molecule has 0 heterocycles. The van der Waals surface area contributed by atoms with E-state index in [1.165, 1.54) is 17.5 Å². The zero-order chi connectivity index (χ0) is 12.9. The fraction of sp³-hybridized carbons (Fsp3) is 0.625. The van der Waals surface area contributed by atoms with Crippen molar-refractivity contribution in [3.8, 4) is 0 Å². The standard InChI is InChI=1S/C16H27N/c1-6-13(2)15-9-7-14(8-10-15)11-12-17-16(3,4)5/h7-10,13,17H,6,11-12H2,1-5H3. The van der Waals surface area contributed by atoms with Crippen LogP contribution >= 0.6 is 0 Å². The van der Waals surface area contributed by atoms with Gasteiger partial charge in [-0.25, -0.2) is 0 Å². The van der Waals surface area contributed by atoms with Gasteiger partial charge < -0.3 is 5.32 Å². The number of benzene rings is 1. The Morgan fingerprint density at radius 2 is 1.71 bits per heavy atom. The lowest BCUT2D eigenvalue weighted by Gasteiger charge is -2.20. The van der Waals surface area contributed by atoms with Gasteiger partial charge in [0.2, 0.25) is 0 Å². The van der Waals surface area contributed by atoms with Gasteiger partial charge in [-0.3, -0.25) is 0 Å². The molecule has 0 saturated carbocycles. The first-order chi connectivity index (χ1) is 7.92. The Morgan fingerprint density at radius 3 is 2.18 bits per heavy atom. The van der Waals surface area contributed by atoms with Crippen molar-refractivity contribution < 1.29 is 0 Å². The molecular weight excluding hydrogens is 206 g/mol. The van der Waals surface area contributed by atoms with Crippen molar-refractivity contribution >= 4 is 0 Å². The Hall–Kier alpha value is -0.820. The molecule has 0 aliphatic heterocycles. The molecule has 1 rings (SSSR count). The van der Waals surface area contributed by atoms with Crippen molar-refractivity contribution in [2.75, 3.05) is 6.54 Å². The summed E-state index contributed by atoms with van der Waals surface area (Å²) in [4.78, 5) is 0. The third-order valence-corrected chi connectivity index (χ3v) is 3.23. The van der Waals surface area contributed by atoms with Gasteiger partial charge in [0.25, 0.3) is 0 Å². The average molecular weight is 233 g/mol. The van der Waals surface area contributed by atoms with Crippen LogP contribution in [-0.4, -0.2) is 12.1 Å². The maximum Gasteiger partial charge on any atom is 0.00966 e. The number of hydrogen-bond donors (Lipinski definition) is 1. The maximum absolute atomic E-state index is 3.52. The normalized spacial score (nSPS) is 13.7. The van der Waals surface area contributed by atoms with E-state index in [9.17, 15) is 0 Å². The summed E-state index contributed by atoms with van der Waals surface area (Å²) in [6.45, 7) is 12.2. The summed E-state index contributed by atoms with van der Waals surface area (Å²) in [6, 6.07) is 9.10.